The zero-order valence-electron chi connectivity index (χ0n) is 10.6. The highest BCUT2D eigenvalue weighted by Crippen LogP contribution is 2.25. The van der Waals surface area contributed by atoms with Crippen LogP contribution in [0.25, 0.3) is 28.1 Å². The lowest BCUT2D eigenvalue weighted by Gasteiger charge is -2.00. The topological polar surface area (TPSA) is 33.1 Å². The second kappa shape index (κ2) is 3.72. The summed E-state index contributed by atoms with van der Waals surface area (Å²) in [6.07, 6.45) is 1.92. The minimum absolute atomic E-state index is 0.888. The number of fused-ring (bicyclic) bond motifs is 3. The molecule has 0 unspecified atom stereocenters. The Labute approximate surface area is 110 Å². The molecule has 2 heterocycles. The standard InChI is InChI=1S/C16H13N3/c1-11-7-8-14-13(9-11)18-16-17-10-15(19(14)16)12-5-3-2-4-6-12/h2-10H,1H3,(H,17,18). The third kappa shape index (κ3) is 1.48. The highest BCUT2D eigenvalue weighted by atomic mass is 15.1. The Morgan fingerprint density at radius 2 is 1.89 bits per heavy atom. The molecule has 0 aliphatic carbocycles. The van der Waals surface area contributed by atoms with E-state index in [0.29, 0.717) is 0 Å². The highest BCUT2D eigenvalue weighted by Gasteiger charge is 2.10. The van der Waals surface area contributed by atoms with Crippen LogP contribution in [-0.4, -0.2) is 14.4 Å². The molecule has 0 amide bonds. The van der Waals surface area contributed by atoms with Crippen molar-refractivity contribution < 1.29 is 0 Å². The average Bonchev–Trinajstić information content (AvgIpc) is 2.97. The molecular weight excluding hydrogens is 234 g/mol. The third-order valence-corrected chi connectivity index (χ3v) is 3.47. The van der Waals surface area contributed by atoms with E-state index in [1.54, 1.807) is 0 Å². The van der Waals surface area contributed by atoms with E-state index >= 15 is 0 Å². The fraction of sp³-hybridized carbons (Fsp3) is 0.0625. The fourth-order valence-electron chi connectivity index (χ4n) is 2.56. The number of hydrogen-bond acceptors (Lipinski definition) is 1. The summed E-state index contributed by atoms with van der Waals surface area (Å²) in [6.45, 7) is 2.10. The number of nitrogens with one attached hydrogen (secondary N) is 1. The summed E-state index contributed by atoms with van der Waals surface area (Å²) < 4.78 is 2.17. The van der Waals surface area contributed by atoms with Gasteiger partial charge in [-0.2, -0.15) is 0 Å². The monoisotopic (exact) mass is 247 g/mol. The molecule has 1 N–H and O–H groups in total. The summed E-state index contributed by atoms with van der Waals surface area (Å²) in [7, 11) is 0. The highest BCUT2D eigenvalue weighted by molar-refractivity contribution is 5.83. The van der Waals surface area contributed by atoms with Gasteiger partial charge in [0.05, 0.1) is 22.9 Å². The van der Waals surface area contributed by atoms with Crippen molar-refractivity contribution in [2.24, 2.45) is 0 Å². The first kappa shape index (κ1) is 10.4. The molecule has 2 aromatic carbocycles. The third-order valence-electron chi connectivity index (χ3n) is 3.47. The van der Waals surface area contributed by atoms with E-state index < -0.39 is 0 Å². The second-order valence-electron chi connectivity index (χ2n) is 4.81. The number of imidazole rings is 2. The molecule has 3 heteroatoms. The van der Waals surface area contributed by atoms with E-state index in [1.165, 1.54) is 11.1 Å². The van der Waals surface area contributed by atoms with Crippen molar-refractivity contribution in [1.82, 2.24) is 14.4 Å². The Hall–Kier alpha value is -2.55. The van der Waals surface area contributed by atoms with E-state index in [-0.39, 0.29) is 0 Å². The van der Waals surface area contributed by atoms with Crippen LogP contribution in [0, 0.1) is 6.92 Å². The smallest absolute Gasteiger partial charge is 0.212 e. The van der Waals surface area contributed by atoms with Crippen LogP contribution in [0.2, 0.25) is 0 Å². The van der Waals surface area contributed by atoms with Gasteiger partial charge in [-0.1, -0.05) is 36.4 Å². The number of aryl methyl sites for hydroxylation is 1. The van der Waals surface area contributed by atoms with E-state index in [0.717, 1.165) is 22.5 Å². The summed E-state index contributed by atoms with van der Waals surface area (Å²) in [5, 5.41) is 0. The van der Waals surface area contributed by atoms with Crippen LogP contribution >= 0.6 is 0 Å². The van der Waals surface area contributed by atoms with Gasteiger partial charge in [-0.25, -0.2) is 4.98 Å². The minimum atomic E-state index is 0.888. The lowest BCUT2D eigenvalue weighted by molar-refractivity contribution is 1.25. The Balaban J connectivity index is 2.10. The molecular formula is C16H13N3. The molecule has 0 bridgehead atoms. The van der Waals surface area contributed by atoms with Gasteiger partial charge in [0, 0.05) is 5.56 Å². The quantitative estimate of drug-likeness (QED) is 0.545. The van der Waals surface area contributed by atoms with Gasteiger partial charge in [0.2, 0.25) is 5.78 Å². The Bertz CT molecular complexity index is 869. The van der Waals surface area contributed by atoms with E-state index in [1.807, 2.05) is 24.4 Å². The molecule has 0 fully saturated rings. The van der Waals surface area contributed by atoms with Crippen molar-refractivity contribution in [3.8, 4) is 11.3 Å². The summed E-state index contributed by atoms with van der Waals surface area (Å²) in [5.41, 5.74) is 5.83. The molecule has 3 nitrogen and oxygen atoms in total. The SMILES string of the molecule is Cc1ccc2c(c1)[nH]c1ncc(-c3ccccc3)n12. The Morgan fingerprint density at radius 1 is 1.05 bits per heavy atom. The van der Waals surface area contributed by atoms with E-state index in [4.69, 9.17) is 0 Å². The van der Waals surface area contributed by atoms with Gasteiger partial charge >= 0.3 is 0 Å². The number of hydrogen-bond donors (Lipinski definition) is 1. The maximum absolute atomic E-state index is 4.47. The molecule has 0 saturated carbocycles. The zero-order chi connectivity index (χ0) is 12.8. The molecule has 4 rings (SSSR count). The van der Waals surface area contributed by atoms with Crippen LogP contribution in [-0.2, 0) is 0 Å². The fourth-order valence-corrected chi connectivity index (χ4v) is 2.56. The van der Waals surface area contributed by atoms with Gasteiger partial charge < -0.3 is 4.98 Å². The van der Waals surface area contributed by atoms with Crippen molar-refractivity contribution in [1.29, 1.82) is 0 Å². The Morgan fingerprint density at radius 3 is 2.74 bits per heavy atom. The number of aromatic amines is 1. The first-order chi connectivity index (χ1) is 9.33. The summed E-state index contributed by atoms with van der Waals surface area (Å²) >= 11 is 0. The van der Waals surface area contributed by atoms with Crippen LogP contribution in [0.1, 0.15) is 5.56 Å². The maximum Gasteiger partial charge on any atom is 0.212 e. The lowest BCUT2D eigenvalue weighted by atomic mass is 10.1. The molecule has 0 spiro atoms. The largest absolute Gasteiger partial charge is 0.323 e. The molecule has 19 heavy (non-hydrogen) atoms. The van der Waals surface area contributed by atoms with Gasteiger partial charge in [0.1, 0.15) is 0 Å². The molecule has 4 aromatic rings. The van der Waals surface area contributed by atoms with Gasteiger partial charge in [-0.05, 0) is 24.6 Å². The summed E-state index contributed by atoms with van der Waals surface area (Å²) in [6, 6.07) is 16.8. The van der Waals surface area contributed by atoms with Crippen molar-refractivity contribution in [2.45, 2.75) is 6.92 Å². The lowest BCUT2D eigenvalue weighted by Crippen LogP contribution is -1.85. The van der Waals surface area contributed by atoms with Crippen LogP contribution < -0.4 is 0 Å². The van der Waals surface area contributed by atoms with Crippen molar-refractivity contribution >= 4 is 16.8 Å². The molecule has 0 aliphatic rings. The van der Waals surface area contributed by atoms with Crippen molar-refractivity contribution in [2.75, 3.05) is 0 Å². The normalized spacial score (nSPS) is 11.4. The predicted molar refractivity (Wildman–Crippen MR) is 77.2 cm³/mol. The van der Waals surface area contributed by atoms with Crippen LogP contribution in [0.5, 0.6) is 0 Å². The first-order valence-corrected chi connectivity index (χ1v) is 6.34. The van der Waals surface area contributed by atoms with Crippen molar-refractivity contribution in [3.05, 3.63) is 60.3 Å². The second-order valence-corrected chi connectivity index (χ2v) is 4.81. The molecule has 0 radical (unpaired) electrons. The van der Waals surface area contributed by atoms with Crippen molar-refractivity contribution in [3.63, 3.8) is 0 Å². The average molecular weight is 247 g/mol. The number of aromatic nitrogens is 3. The number of benzene rings is 2. The number of H-pyrrole nitrogens is 1. The maximum atomic E-state index is 4.47. The summed E-state index contributed by atoms with van der Waals surface area (Å²) in [5.74, 6) is 0.888. The molecule has 2 aromatic heterocycles. The summed E-state index contributed by atoms with van der Waals surface area (Å²) in [4.78, 5) is 7.83. The molecule has 0 saturated heterocycles. The van der Waals surface area contributed by atoms with E-state index in [2.05, 4.69) is 51.6 Å². The van der Waals surface area contributed by atoms with Gasteiger partial charge in [-0.3, -0.25) is 4.40 Å². The minimum Gasteiger partial charge on any atom is -0.323 e. The molecule has 0 aliphatic heterocycles. The van der Waals surface area contributed by atoms with Crippen LogP contribution in [0.3, 0.4) is 0 Å². The Kier molecular flexibility index (Phi) is 2.03. The van der Waals surface area contributed by atoms with Crippen LogP contribution in [0.15, 0.2) is 54.7 Å². The first-order valence-electron chi connectivity index (χ1n) is 6.34. The molecule has 92 valence electrons. The zero-order valence-corrected chi connectivity index (χ0v) is 10.6. The number of rotatable bonds is 1. The van der Waals surface area contributed by atoms with Gasteiger partial charge in [0.15, 0.2) is 0 Å². The van der Waals surface area contributed by atoms with Gasteiger partial charge in [-0.15, -0.1) is 0 Å². The predicted octanol–water partition coefficient (Wildman–Crippen LogP) is 3.79. The van der Waals surface area contributed by atoms with Gasteiger partial charge in [0.25, 0.3) is 0 Å². The van der Waals surface area contributed by atoms with Crippen LogP contribution in [0.4, 0.5) is 0 Å². The van der Waals surface area contributed by atoms with E-state index in [9.17, 15) is 0 Å². The number of nitrogens with zero attached hydrogens (tertiary/aromatic N) is 2. The molecule has 0 atom stereocenters.